The highest BCUT2D eigenvalue weighted by Gasteiger charge is 2.14. The zero-order valence-electron chi connectivity index (χ0n) is 15.4. The highest BCUT2D eigenvalue weighted by atomic mass is 32.2. The predicted octanol–water partition coefficient (Wildman–Crippen LogP) is 4.25. The van der Waals surface area contributed by atoms with E-state index in [2.05, 4.69) is 47.0 Å². The number of hydrazine groups is 1. The van der Waals surface area contributed by atoms with Gasteiger partial charge in [0.05, 0.1) is 14.2 Å². The van der Waals surface area contributed by atoms with Gasteiger partial charge >= 0.3 is 0 Å². The van der Waals surface area contributed by atoms with E-state index in [0.717, 1.165) is 15.3 Å². The maximum atomic E-state index is 12.1. The summed E-state index contributed by atoms with van der Waals surface area (Å²) in [7, 11) is 3.21. The molecule has 0 fully saturated rings. The maximum absolute atomic E-state index is 12.1. The van der Waals surface area contributed by atoms with Gasteiger partial charge in [0.15, 0.2) is 0 Å². The van der Waals surface area contributed by atoms with Gasteiger partial charge < -0.3 is 9.47 Å². The number of carbonyl (C=O) groups excluding carboxylic acids is 1. The molecule has 0 spiro atoms. The molecule has 8 heteroatoms. The number of aromatic nitrogens is 1. The molecule has 27 heavy (non-hydrogen) atoms. The van der Waals surface area contributed by atoms with Crippen LogP contribution in [-0.4, -0.2) is 30.9 Å². The van der Waals surface area contributed by atoms with E-state index < -0.39 is 0 Å². The molecule has 0 aliphatic carbocycles. The van der Waals surface area contributed by atoms with Crippen molar-refractivity contribution < 1.29 is 14.3 Å². The number of ether oxygens (including phenoxy) is 2. The molecule has 0 aliphatic rings. The quantitative estimate of drug-likeness (QED) is 0.433. The first-order chi connectivity index (χ1) is 13.1. The minimum Gasteiger partial charge on any atom is -0.495 e. The van der Waals surface area contributed by atoms with Crippen LogP contribution in [0.25, 0.3) is 10.2 Å². The van der Waals surface area contributed by atoms with Crippen LogP contribution in [0.15, 0.2) is 41.3 Å². The van der Waals surface area contributed by atoms with Crippen molar-refractivity contribution in [3.63, 3.8) is 0 Å². The van der Waals surface area contributed by atoms with E-state index in [1.54, 1.807) is 26.0 Å². The fourth-order valence-corrected chi connectivity index (χ4v) is 4.20. The summed E-state index contributed by atoms with van der Waals surface area (Å²) in [4.78, 5) is 17.7. The van der Waals surface area contributed by atoms with Gasteiger partial charge in [-0.05, 0) is 31.2 Å². The largest absolute Gasteiger partial charge is 0.495 e. The zero-order chi connectivity index (χ0) is 19.2. The van der Waals surface area contributed by atoms with Gasteiger partial charge in [-0.15, -0.1) is 11.8 Å². The van der Waals surface area contributed by atoms with Gasteiger partial charge in [-0.2, -0.15) is 0 Å². The van der Waals surface area contributed by atoms with Crippen molar-refractivity contribution in [2.24, 2.45) is 0 Å². The van der Waals surface area contributed by atoms with Crippen LogP contribution in [0.3, 0.4) is 0 Å². The topological polar surface area (TPSA) is 72.5 Å². The van der Waals surface area contributed by atoms with Gasteiger partial charge in [0.25, 0.3) is 0 Å². The summed E-state index contributed by atoms with van der Waals surface area (Å²) in [5, 5.41) is 0.576. The minimum atomic E-state index is -0.0900. The van der Waals surface area contributed by atoms with E-state index in [9.17, 15) is 4.79 Å². The third-order valence-corrected chi connectivity index (χ3v) is 5.84. The van der Waals surface area contributed by atoms with Gasteiger partial charge in [0.1, 0.15) is 21.7 Å². The summed E-state index contributed by atoms with van der Waals surface area (Å²) in [6.07, 6.45) is 0.406. The lowest BCUT2D eigenvalue weighted by Crippen LogP contribution is -2.29. The van der Waals surface area contributed by atoms with Gasteiger partial charge in [0, 0.05) is 17.1 Å². The molecule has 6 nitrogen and oxygen atoms in total. The molecule has 1 aromatic heterocycles. The molecule has 1 heterocycles. The summed E-state index contributed by atoms with van der Waals surface area (Å²) in [5.74, 6) is 2.00. The van der Waals surface area contributed by atoms with Crippen molar-refractivity contribution >= 4 is 44.4 Å². The number of anilines is 1. The van der Waals surface area contributed by atoms with Gasteiger partial charge in [-0.1, -0.05) is 29.0 Å². The number of amides is 1. The highest BCUT2D eigenvalue weighted by molar-refractivity contribution is 7.99. The molecular weight excluding hydrogens is 382 g/mol. The van der Waals surface area contributed by atoms with E-state index >= 15 is 0 Å². The number of hydrogen-bond donors (Lipinski definition) is 2. The number of aryl methyl sites for hydroxylation is 1. The minimum absolute atomic E-state index is 0.0900. The summed E-state index contributed by atoms with van der Waals surface area (Å²) < 4.78 is 11.6. The third kappa shape index (κ3) is 4.84. The van der Waals surface area contributed by atoms with Crippen molar-refractivity contribution in [3.05, 3.63) is 42.0 Å². The Labute approximate surface area is 166 Å². The summed E-state index contributed by atoms with van der Waals surface area (Å²) in [5.41, 5.74) is 7.50. The molecule has 0 radical (unpaired) electrons. The van der Waals surface area contributed by atoms with Gasteiger partial charge in [-0.25, -0.2) is 4.98 Å². The second-order valence-electron chi connectivity index (χ2n) is 5.75. The Hall–Kier alpha value is -2.45. The Kier molecular flexibility index (Phi) is 6.41. The fourth-order valence-electron chi connectivity index (χ4n) is 2.42. The maximum Gasteiger partial charge on any atom is 0.239 e. The monoisotopic (exact) mass is 403 g/mol. The second kappa shape index (κ2) is 8.96. The number of benzene rings is 2. The lowest BCUT2D eigenvalue weighted by molar-refractivity contribution is -0.120. The van der Waals surface area contributed by atoms with E-state index in [-0.39, 0.29) is 5.91 Å². The molecule has 0 bridgehead atoms. The molecule has 3 rings (SSSR count). The van der Waals surface area contributed by atoms with E-state index in [4.69, 9.17) is 9.47 Å². The van der Waals surface area contributed by atoms with Crippen molar-refractivity contribution in [2.45, 2.75) is 18.2 Å². The van der Waals surface area contributed by atoms with Crippen molar-refractivity contribution in [1.29, 1.82) is 0 Å². The molecule has 2 aromatic carbocycles. The molecule has 142 valence electrons. The normalized spacial score (nSPS) is 10.6. The number of rotatable bonds is 8. The van der Waals surface area contributed by atoms with Crippen LogP contribution in [0.1, 0.15) is 12.0 Å². The molecular formula is C19H21N3O3S2. The van der Waals surface area contributed by atoms with Crippen molar-refractivity contribution in [1.82, 2.24) is 10.4 Å². The average molecular weight is 404 g/mol. The van der Waals surface area contributed by atoms with Crippen LogP contribution in [0.2, 0.25) is 0 Å². The zero-order valence-corrected chi connectivity index (χ0v) is 17.0. The number of fused-ring (bicyclic) bond motifs is 1. The first-order valence-corrected chi connectivity index (χ1v) is 10.2. The molecule has 0 saturated heterocycles. The van der Waals surface area contributed by atoms with E-state index in [0.29, 0.717) is 28.6 Å². The number of methoxy groups -OCH3 is 2. The molecule has 1 amide bonds. The molecule has 0 atom stereocenters. The predicted molar refractivity (Wildman–Crippen MR) is 111 cm³/mol. The second-order valence-corrected chi connectivity index (χ2v) is 7.92. The number of nitrogens with zero attached hydrogens (tertiary/aromatic N) is 1. The van der Waals surface area contributed by atoms with Crippen LogP contribution >= 0.6 is 23.1 Å². The van der Waals surface area contributed by atoms with Crippen LogP contribution in [0.5, 0.6) is 11.5 Å². The molecule has 0 unspecified atom stereocenters. The molecule has 0 aliphatic heterocycles. The van der Waals surface area contributed by atoms with Crippen molar-refractivity contribution in [3.8, 4) is 11.5 Å². The first-order valence-electron chi connectivity index (χ1n) is 8.36. The van der Waals surface area contributed by atoms with Crippen molar-refractivity contribution in [2.75, 3.05) is 25.4 Å². The van der Waals surface area contributed by atoms with Gasteiger partial charge in [-0.3, -0.25) is 15.6 Å². The smallest absolute Gasteiger partial charge is 0.239 e. The lowest BCUT2D eigenvalue weighted by atomic mass is 10.2. The fraction of sp³-hybridized carbons (Fsp3) is 0.263. The SMILES string of the molecule is COc1ccc(OC)c2sc(NNC(=O)CCSc3ccc(C)cc3)nc12. The molecule has 3 aromatic rings. The number of nitrogens with one attached hydrogen (secondary N) is 2. The Morgan fingerprint density at radius 3 is 2.52 bits per heavy atom. The Morgan fingerprint density at radius 2 is 1.81 bits per heavy atom. The average Bonchev–Trinajstić information content (AvgIpc) is 3.11. The van der Waals surface area contributed by atoms with Crippen LogP contribution < -0.4 is 20.3 Å². The molecule has 0 saturated carbocycles. The number of thiazole rings is 1. The number of thioether (sulfide) groups is 1. The summed E-state index contributed by atoms with van der Waals surface area (Å²) in [6, 6.07) is 11.9. The third-order valence-electron chi connectivity index (χ3n) is 3.84. The first kappa shape index (κ1) is 19.3. The summed E-state index contributed by atoms with van der Waals surface area (Å²) >= 11 is 3.05. The van der Waals surface area contributed by atoms with E-state index in [1.807, 2.05) is 12.1 Å². The highest BCUT2D eigenvalue weighted by Crippen LogP contribution is 2.38. The van der Waals surface area contributed by atoms with Crippen LogP contribution in [-0.2, 0) is 4.79 Å². The van der Waals surface area contributed by atoms with E-state index in [1.165, 1.54) is 16.9 Å². The number of hydrogen-bond acceptors (Lipinski definition) is 7. The van der Waals surface area contributed by atoms with Crippen LogP contribution in [0, 0.1) is 6.92 Å². The Morgan fingerprint density at radius 1 is 1.11 bits per heavy atom. The lowest BCUT2D eigenvalue weighted by Gasteiger charge is -2.05. The summed E-state index contributed by atoms with van der Waals surface area (Å²) in [6.45, 7) is 2.06. The van der Waals surface area contributed by atoms with Crippen LogP contribution in [0.4, 0.5) is 5.13 Å². The molecule has 2 N–H and O–H groups in total. The standard InChI is InChI=1S/C19H21N3O3S2/c1-12-4-6-13(7-5-12)26-11-10-16(23)21-22-19-20-17-14(24-2)8-9-15(25-3)18(17)27-19/h4-9H,10-11H2,1-3H3,(H,20,22)(H,21,23). The number of carbonyl (C=O) groups is 1. The Balaban J connectivity index is 1.54. The van der Waals surface area contributed by atoms with Gasteiger partial charge in [0.2, 0.25) is 11.0 Å². The Bertz CT molecular complexity index is 885.